The molecule has 0 aliphatic carbocycles. The maximum Gasteiger partial charge on any atom is 0.240 e. The predicted octanol–water partition coefficient (Wildman–Crippen LogP) is 4.52. The molecule has 5 aliphatic heterocycles. The van der Waals surface area contributed by atoms with E-state index in [2.05, 4.69) is 40.2 Å². The van der Waals surface area contributed by atoms with E-state index in [0.29, 0.717) is 17.9 Å². The van der Waals surface area contributed by atoms with E-state index in [0.717, 1.165) is 136 Å². The number of rotatable bonds is 10. The van der Waals surface area contributed by atoms with Gasteiger partial charge in [0.15, 0.2) is 0 Å². The third-order valence-electron chi connectivity index (χ3n) is 11.2. The molecule has 3 aromatic rings. The Morgan fingerprint density at radius 3 is 2.36 bits per heavy atom. The van der Waals surface area contributed by atoms with Gasteiger partial charge in [-0.3, -0.25) is 0 Å². The Balaban J connectivity index is 1.33. The number of sulfonamides is 1. The number of anilines is 1. The van der Waals surface area contributed by atoms with Gasteiger partial charge < -0.3 is 14.2 Å². The van der Waals surface area contributed by atoms with Gasteiger partial charge in [-0.2, -0.15) is 0 Å². The summed E-state index contributed by atoms with van der Waals surface area (Å²) in [7, 11) is -9.15. The van der Waals surface area contributed by atoms with Gasteiger partial charge in [-0.15, -0.1) is 0 Å². The van der Waals surface area contributed by atoms with E-state index in [-0.39, 0.29) is 17.0 Å². The van der Waals surface area contributed by atoms with Gasteiger partial charge >= 0.3 is 0 Å². The minimum absolute atomic E-state index is 0.224. The number of benzene rings is 3. The van der Waals surface area contributed by atoms with Gasteiger partial charge in [-0.25, -0.2) is 26.1 Å². The first-order valence-electron chi connectivity index (χ1n) is 18.5. The van der Waals surface area contributed by atoms with E-state index in [1.54, 1.807) is 0 Å². The fourth-order valence-corrected chi connectivity index (χ4v) is 10.9. The molecule has 11 heteroatoms. The number of ether oxygens (including phenoxy) is 1. The Morgan fingerprint density at radius 1 is 0.840 bits per heavy atom. The lowest BCUT2D eigenvalue weighted by atomic mass is 9.82. The zero-order valence-corrected chi connectivity index (χ0v) is 30.8. The van der Waals surface area contributed by atoms with Crippen LogP contribution in [-0.4, -0.2) is 54.1 Å². The van der Waals surface area contributed by atoms with Crippen LogP contribution >= 0.6 is 0 Å². The van der Waals surface area contributed by atoms with Gasteiger partial charge in [-0.1, -0.05) is 39.2 Å². The Labute approximate surface area is 295 Å². The quantitative estimate of drug-likeness (QED) is 0.146. The van der Waals surface area contributed by atoms with Gasteiger partial charge in [0.05, 0.1) is 15.4 Å². The zero-order chi connectivity index (χ0) is 34.8. The molecule has 0 radical (unpaired) electrons. The number of nitrogens with zero attached hydrogens (tertiary/aromatic N) is 2. The van der Waals surface area contributed by atoms with Crippen molar-refractivity contribution in [1.29, 1.82) is 0 Å². The van der Waals surface area contributed by atoms with Gasteiger partial charge in [0, 0.05) is 71.2 Å². The highest BCUT2D eigenvalue weighted by Crippen LogP contribution is 2.49. The molecule has 0 saturated heterocycles. The molecule has 5 aliphatic rings. The van der Waals surface area contributed by atoms with Gasteiger partial charge in [0.1, 0.15) is 34.7 Å². The monoisotopic (exact) mass is 717 g/mol. The average Bonchev–Trinajstić information content (AvgIpc) is 3.09. The maximum atomic E-state index is 13.5. The Bertz CT molecular complexity index is 2240. The SMILES string of the molecule is CC(C)CCCCCNS(=O)(=O)c1ccc(C2=c3cc4c5c(c3Oc3c2cc2c6c3CCCN6CCC2)CCC[N+]=5CCC4)c(S(=O)(=O)[O-])c1. The molecule has 1 N–H and O–H groups in total. The highest BCUT2D eigenvalue weighted by molar-refractivity contribution is 7.89. The molecule has 0 amide bonds. The van der Waals surface area contributed by atoms with Crippen LogP contribution in [0.1, 0.15) is 98.6 Å². The first kappa shape index (κ1) is 33.9. The standard InChI is InChI=1S/C39H47N3O6S2/c1-25(2)10-4-3-5-17-40-49(43,44)28-15-16-29(34(24-28)50(45,46)47)35-32-22-26-11-6-18-41-20-8-13-30(36(26)41)38(32)48-39-31-14-9-21-42-19-7-12-27(37(31)42)23-33(35)39/h15-16,22-25,40H,3-14,17-21H2,1-2H3. The molecular formula is C39H47N3O6S2. The zero-order valence-electron chi connectivity index (χ0n) is 29.1. The van der Waals surface area contributed by atoms with Crippen molar-refractivity contribution >= 4 is 31.4 Å². The van der Waals surface area contributed by atoms with Crippen LogP contribution in [0.15, 0.2) is 40.1 Å². The smallest absolute Gasteiger partial charge is 0.240 e. The lowest BCUT2D eigenvalue weighted by molar-refractivity contribution is 0.431. The van der Waals surface area contributed by atoms with Gasteiger partial charge in [-0.05, 0) is 80.7 Å². The van der Waals surface area contributed by atoms with Crippen LogP contribution in [0.4, 0.5) is 5.69 Å². The van der Waals surface area contributed by atoms with Crippen LogP contribution in [0.25, 0.3) is 5.57 Å². The number of hydrogen-bond acceptors (Lipinski definition) is 7. The Hall–Kier alpha value is -3.25. The van der Waals surface area contributed by atoms with E-state index in [1.807, 2.05) is 0 Å². The molecule has 0 unspecified atom stereocenters. The Morgan fingerprint density at radius 2 is 1.58 bits per heavy atom. The number of unbranched alkanes of at least 4 members (excludes halogenated alkanes) is 2. The van der Waals surface area contributed by atoms with Gasteiger partial charge in [0.2, 0.25) is 15.4 Å². The van der Waals surface area contributed by atoms with E-state index in [1.165, 1.54) is 34.3 Å². The molecular weight excluding hydrogens is 671 g/mol. The van der Waals surface area contributed by atoms with Crippen molar-refractivity contribution in [3.8, 4) is 11.5 Å². The molecule has 0 bridgehead atoms. The summed E-state index contributed by atoms with van der Waals surface area (Å²) in [6, 6.07) is 8.34. The van der Waals surface area contributed by atoms with Crippen molar-refractivity contribution < 1.29 is 26.1 Å². The summed E-state index contributed by atoms with van der Waals surface area (Å²) in [6.07, 6.45) is 11.2. The molecule has 266 valence electrons. The van der Waals surface area contributed by atoms with Crippen molar-refractivity contribution in [2.45, 2.75) is 101 Å². The van der Waals surface area contributed by atoms with Crippen molar-refractivity contribution in [3.63, 3.8) is 0 Å². The molecule has 0 atom stereocenters. The third-order valence-corrected chi connectivity index (χ3v) is 13.6. The second kappa shape index (κ2) is 13.1. The van der Waals surface area contributed by atoms with Gasteiger partial charge in [0.25, 0.3) is 0 Å². The van der Waals surface area contributed by atoms with Crippen LogP contribution in [0.3, 0.4) is 0 Å². The van der Waals surface area contributed by atoms with Crippen molar-refractivity contribution in [1.82, 2.24) is 9.30 Å². The molecule has 0 fully saturated rings. The second-order valence-electron chi connectivity index (χ2n) is 15.1. The minimum Gasteiger partial charge on any atom is -0.744 e. The average molecular weight is 718 g/mol. The molecule has 0 spiro atoms. The summed E-state index contributed by atoms with van der Waals surface area (Å²) in [5.74, 6) is 2.08. The molecule has 8 rings (SSSR count). The summed E-state index contributed by atoms with van der Waals surface area (Å²) in [6.45, 7) is 8.58. The van der Waals surface area contributed by atoms with Crippen molar-refractivity contribution in [3.05, 3.63) is 74.3 Å². The molecule has 50 heavy (non-hydrogen) atoms. The van der Waals surface area contributed by atoms with Crippen molar-refractivity contribution in [2.75, 3.05) is 37.6 Å². The summed E-state index contributed by atoms with van der Waals surface area (Å²) in [5.41, 5.74) is 7.60. The fraction of sp³-hybridized carbons (Fsp3) is 0.513. The summed E-state index contributed by atoms with van der Waals surface area (Å²) in [5, 5.41) is 2.02. The minimum atomic E-state index is -5.09. The van der Waals surface area contributed by atoms with Crippen LogP contribution in [0.5, 0.6) is 11.5 Å². The molecule has 5 heterocycles. The van der Waals surface area contributed by atoms with E-state index < -0.39 is 25.0 Å². The summed E-state index contributed by atoms with van der Waals surface area (Å²) >= 11 is 0. The number of fused-ring (bicyclic) bond motifs is 4. The van der Waals surface area contributed by atoms with Crippen LogP contribution < -0.4 is 29.5 Å². The topological polar surface area (TPSA) is 119 Å². The highest BCUT2D eigenvalue weighted by Gasteiger charge is 2.36. The van der Waals surface area contributed by atoms with E-state index in [4.69, 9.17) is 4.74 Å². The maximum absolute atomic E-state index is 13.5. The largest absolute Gasteiger partial charge is 0.744 e. The fourth-order valence-electron chi connectivity index (χ4n) is 9.03. The van der Waals surface area contributed by atoms with E-state index >= 15 is 0 Å². The number of hydrogen-bond donors (Lipinski definition) is 1. The second-order valence-corrected chi connectivity index (χ2v) is 18.2. The number of aryl methyl sites for hydroxylation is 2. The van der Waals surface area contributed by atoms with Crippen LogP contribution in [0, 0.1) is 5.92 Å². The lowest BCUT2D eigenvalue weighted by Gasteiger charge is -2.39. The molecule has 0 saturated carbocycles. The lowest BCUT2D eigenvalue weighted by Crippen LogP contribution is -2.45. The normalized spacial score (nSPS) is 18.0. The third kappa shape index (κ3) is 5.97. The summed E-state index contributed by atoms with van der Waals surface area (Å²) in [4.78, 5) is 1.71. The number of nitrogens with one attached hydrogen (secondary N) is 1. The van der Waals surface area contributed by atoms with Crippen LogP contribution in [-0.2, 0) is 45.8 Å². The predicted molar refractivity (Wildman–Crippen MR) is 193 cm³/mol. The summed E-state index contributed by atoms with van der Waals surface area (Å²) < 4.78 is 78.6. The molecule has 9 nitrogen and oxygen atoms in total. The molecule has 0 aromatic heterocycles. The first-order chi connectivity index (χ1) is 24.0. The Kier molecular flexibility index (Phi) is 8.85. The van der Waals surface area contributed by atoms with Crippen LogP contribution in [0.2, 0.25) is 0 Å². The first-order valence-corrected chi connectivity index (χ1v) is 21.4. The highest BCUT2D eigenvalue weighted by atomic mass is 32.2. The van der Waals surface area contributed by atoms with Crippen molar-refractivity contribution in [2.24, 2.45) is 5.92 Å². The van der Waals surface area contributed by atoms with E-state index in [9.17, 15) is 21.4 Å². The molecule has 3 aromatic carbocycles.